The van der Waals surface area contributed by atoms with Crippen LogP contribution in [0, 0.1) is 5.92 Å². The summed E-state index contributed by atoms with van der Waals surface area (Å²) in [6.45, 7) is 3.76. The van der Waals surface area contributed by atoms with Crippen molar-refractivity contribution in [3.63, 3.8) is 0 Å². The van der Waals surface area contributed by atoms with Crippen LogP contribution in [-0.2, 0) is 35.2 Å². The van der Waals surface area contributed by atoms with Gasteiger partial charge in [-0.05, 0) is 30.7 Å². The molecule has 1 amide bonds. The molecule has 1 rings (SSSR count). The van der Waals surface area contributed by atoms with Crippen LogP contribution in [0.25, 0.3) is 0 Å². The number of carbonyl (C=O) groups is 6. The van der Waals surface area contributed by atoms with Crippen LogP contribution in [0.1, 0.15) is 45.1 Å². The van der Waals surface area contributed by atoms with Gasteiger partial charge in [0.25, 0.3) is 0 Å². The fourth-order valence-corrected chi connectivity index (χ4v) is 2.15. The molecule has 0 aromatic heterocycles. The first-order valence-corrected chi connectivity index (χ1v) is 11.8. The van der Waals surface area contributed by atoms with Gasteiger partial charge in [0.05, 0.1) is 12.4 Å². The van der Waals surface area contributed by atoms with Crippen molar-refractivity contribution in [2.24, 2.45) is 34.6 Å². The molecule has 0 spiro atoms. The Bertz CT molecular complexity index is 946. The molecule has 0 fully saturated rings. The maximum Gasteiger partial charge on any atom is 1.00 e. The molecule has 0 saturated carbocycles. The normalized spacial score (nSPS) is 12.2. The minimum absolute atomic E-state index is 0. The predicted molar refractivity (Wildman–Crippen MR) is 145 cm³/mol. The Morgan fingerprint density at radius 2 is 1.20 bits per heavy atom. The zero-order chi connectivity index (χ0) is 32.0. The quantitative estimate of drug-likeness (QED) is 0.0914. The van der Waals surface area contributed by atoms with Gasteiger partial charge in [-0.25, -0.2) is 0 Å². The summed E-state index contributed by atoms with van der Waals surface area (Å²) in [5.41, 5.74) is 26.0. The maximum atomic E-state index is 10.4. The number of nitrogens with two attached hydrogens (primary N) is 5. The maximum absolute atomic E-state index is 10.4. The molecule has 0 bridgehead atoms. The molecule has 1 aromatic rings. The molecular weight excluding hydrogens is 612 g/mol. The standard InChI is InChI=1S/C9H11NO2.C6H13NO2.C5H9NO4.C4H8N2O3.2Na.2H2O/c10-8(9(11)12)6-7-4-2-1-3-5-7;1-3-4(2)5(7)6(8)9;6-3(5(9)10)1-2-4(7)8;5-2(4(8)9)1-3(6)7;;;;/h1-5,8H,6,10H2,(H,11,12);4-5H,3,7H2,1-2H3,(H,8,9);3H,1-2,6H2,(H,7,8)(H,9,10);2H,1,5H2,(H2,6,7)(H,8,9);;;2*1H2/q;;;;2*+1;;/p-2/t8-;4-,5-;3-;2-;;;;/m0000..../s1. The van der Waals surface area contributed by atoms with Gasteiger partial charge in [0.1, 0.15) is 18.1 Å². The largest absolute Gasteiger partial charge is 1.00 e. The second-order valence-corrected chi connectivity index (χ2v) is 8.34. The van der Waals surface area contributed by atoms with Crippen molar-refractivity contribution in [1.29, 1.82) is 0 Å². The SMILES string of the molecule is CC[C@H](C)[C@H](N)C(=O)O.NC(=O)C[C@H](N)C(=O)O.N[C@@H](CCC(=O)[O-])C(=O)[O-].N[C@@H](Cc1ccccc1)C(=O)O.O.O.[Na+].[Na+]. The van der Waals surface area contributed by atoms with Crippen molar-refractivity contribution in [3.05, 3.63) is 35.9 Å². The first-order valence-electron chi connectivity index (χ1n) is 11.8. The van der Waals surface area contributed by atoms with Crippen molar-refractivity contribution < 1.29 is 124 Å². The summed E-state index contributed by atoms with van der Waals surface area (Å²) in [7, 11) is 0. The fraction of sp³-hybridized carbons (Fsp3) is 0.500. The van der Waals surface area contributed by atoms with Crippen molar-refractivity contribution in [2.45, 2.75) is 70.1 Å². The zero-order valence-electron chi connectivity index (χ0n) is 25.3. The van der Waals surface area contributed by atoms with Gasteiger partial charge in [-0.3, -0.25) is 19.2 Å². The van der Waals surface area contributed by atoms with Crippen LogP contribution in [-0.4, -0.2) is 86.2 Å². The van der Waals surface area contributed by atoms with Crippen molar-refractivity contribution in [3.8, 4) is 0 Å². The molecular formula is C24H43N5Na2O13. The van der Waals surface area contributed by atoms with E-state index in [9.17, 15) is 39.0 Å². The molecule has 5 atom stereocenters. The van der Waals surface area contributed by atoms with Crippen LogP contribution in [0.3, 0.4) is 0 Å². The van der Waals surface area contributed by atoms with Crippen LogP contribution >= 0.6 is 0 Å². The number of aliphatic carboxylic acids is 5. The predicted octanol–water partition coefficient (Wildman–Crippen LogP) is -11.7. The van der Waals surface area contributed by atoms with Gasteiger partial charge in [0.15, 0.2) is 0 Å². The number of carbonyl (C=O) groups excluding carboxylic acids is 3. The van der Waals surface area contributed by atoms with E-state index >= 15 is 0 Å². The first kappa shape index (κ1) is 57.5. The fourth-order valence-electron chi connectivity index (χ4n) is 2.15. The molecule has 20 heteroatoms. The molecule has 0 aliphatic carbocycles. The van der Waals surface area contributed by atoms with E-state index in [0.717, 1.165) is 12.0 Å². The summed E-state index contributed by atoms with van der Waals surface area (Å²) in [6.07, 6.45) is 0.388. The van der Waals surface area contributed by atoms with Gasteiger partial charge in [0, 0.05) is 12.0 Å². The molecule has 17 N–H and O–H groups in total. The van der Waals surface area contributed by atoms with Crippen molar-refractivity contribution >= 4 is 35.8 Å². The Labute approximate surface area is 298 Å². The molecule has 244 valence electrons. The molecule has 44 heavy (non-hydrogen) atoms. The Hall–Kier alpha value is -2.20. The van der Waals surface area contributed by atoms with Gasteiger partial charge in [-0.1, -0.05) is 50.6 Å². The summed E-state index contributed by atoms with van der Waals surface area (Å²) in [5.74, 6) is -6.47. The van der Waals surface area contributed by atoms with Crippen LogP contribution < -0.4 is 98.0 Å². The van der Waals surface area contributed by atoms with E-state index in [4.69, 9.17) is 38.3 Å². The van der Waals surface area contributed by atoms with Gasteiger partial charge in [0.2, 0.25) is 5.91 Å². The monoisotopic (exact) mass is 655 g/mol. The van der Waals surface area contributed by atoms with E-state index < -0.39 is 59.9 Å². The summed E-state index contributed by atoms with van der Waals surface area (Å²) in [6, 6.07) is 5.47. The van der Waals surface area contributed by atoms with Gasteiger partial charge in [-0.15, -0.1) is 0 Å². The summed E-state index contributed by atoms with van der Waals surface area (Å²) < 4.78 is 0. The molecule has 0 heterocycles. The molecule has 18 nitrogen and oxygen atoms in total. The van der Waals surface area contributed by atoms with Crippen LogP contribution in [0.5, 0.6) is 0 Å². The second kappa shape index (κ2) is 33.7. The van der Waals surface area contributed by atoms with E-state index in [2.05, 4.69) is 5.73 Å². The molecule has 0 aliphatic rings. The third-order valence-electron chi connectivity index (χ3n) is 4.86. The number of rotatable bonds is 13. The summed E-state index contributed by atoms with van der Waals surface area (Å²) in [4.78, 5) is 60.1. The van der Waals surface area contributed by atoms with E-state index in [0.29, 0.717) is 6.42 Å². The average molecular weight is 656 g/mol. The van der Waals surface area contributed by atoms with Crippen LogP contribution in [0.4, 0.5) is 0 Å². The molecule has 0 aliphatic heterocycles. The minimum Gasteiger partial charge on any atom is -0.550 e. The number of amides is 1. The van der Waals surface area contributed by atoms with E-state index in [1.54, 1.807) is 0 Å². The Balaban J connectivity index is -0.0000000812. The van der Waals surface area contributed by atoms with E-state index in [1.165, 1.54) is 0 Å². The minimum atomic E-state index is -1.44. The summed E-state index contributed by atoms with van der Waals surface area (Å²) in [5, 5.41) is 44.6. The van der Waals surface area contributed by atoms with Crippen LogP contribution in [0.15, 0.2) is 30.3 Å². The average Bonchev–Trinajstić information content (AvgIpc) is 2.87. The Morgan fingerprint density at radius 3 is 1.45 bits per heavy atom. The van der Waals surface area contributed by atoms with Gasteiger partial charge >= 0.3 is 77.0 Å². The van der Waals surface area contributed by atoms with Gasteiger partial charge < -0.3 is 74.7 Å². The van der Waals surface area contributed by atoms with Gasteiger partial charge in [-0.2, -0.15) is 0 Å². The van der Waals surface area contributed by atoms with E-state index in [-0.39, 0.29) is 95.2 Å². The second-order valence-electron chi connectivity index (χ2n) is 8.34. The van der Waals surface area contributed by atoms with Crippen molar-refractivity contribution in [2.75, 3.05) is 0 Å². The summed E-state index contributed by atoms with van der Waals surface area (Å²) >= 11 is 0. The number of hydrogen-bond donors (Lipinski definition) is 8. The zero-order valence-corrected chi connectivity index (χ0v) is 29.3. The van der Waals surface area contributed by atoms with E-state index in [1.807, 2.05) is 44.2 Å². The van der Waals surface area contributed by atoms with Crippen LogP contribution in [0.2, 0.25) is 0 Å². The first-order chi connectivity index (χ1) is 18.4. The topological polar surface area (TPSA) is 402 Å². The molecule has 0 radical (unpaired) electrons. The molecule has 0 unspecified atom stereocenters. The third kappa shape index (κ3) is 36.0. The number of hydrogen-bond acceptors (Lipinski definition) is 12. The Kier molecular flexibility index (Phi) is 44.0. The molecule has 1 aromatic carbocycles. The number of carboxylic acid groups (broad SMARTS) is 5. The molecule has 0 saturated heterocycles. The number of benzene rings is 1. The smallest absolute Gasteiger partial charge is 0.550 e. The third-order valence-corrected chi connectivity index (χ3v) is 4.86. The van der Waals surface area contributed by atoms with Crippen molar-refractivity contribution in [1.82, 2.24) is 0 Å². The number of carboxylic acids is 5. The number of primary amides is 1. The Morgan fingerprint density at radius 1 is 0.773 bits per heavy atom.